The van der Waals surface area contributed by atoms with Crippen LogP contribution in [-0.2, 0) is 4.74 Å². The van der Waals surface area contributed by atoms with Gasteiger partial charge in [-0.25, -0.2) is 19.1 Å². The summed E-state index contributed by atoms with van der Waals surface area (Å²) in [5, 5.41) is 0.803. The van der Waals surface area contributed by atoms with Crippen molar-refractivity contribution in [1.82, 2.24) is 24.4 Å². The molecular weight excluding hydrogens is 592 g/mol. The maximum atomic E-state index is 14.4. The number of methoxy groups -OCH3 is 1. The number of para-hydroxylation sites is 1. The molecule has 1 amide bonds. The Morgan fingerprint density at radius 1 is 1.04 bits per heavy atom. The van der Waals surface area contributed by atoms with E-state index in [0.717, 1.165) is 57.6 Å². The summed E-state index contributed by atoms with van der Waals surface area (Å²) in [6.45, 7) is 17.2. The van der Waals surface area contributed by atoms with Crippen LogP contribution in [0.4, 0.5) is 10.6 Å². The van der Waals surface area contributed by atoms with Gasteiger partial charge in [0, 0.05) is 37.4 Å². The summed E-state index contributed by atoms with van der Waals surface area (Å²) in [6, 6.07) is 10.1. The van der Waals surface area contributed by atoms with Gasteiger partial charge in [-0.2, -0.15) is 4.98 Å². The van der Waals surface area contributed by atoms with Gasteiger partial charge in [0.15, 0.2) is 5.65 Å². The number of piperazine rings is 1. The first-order valence-electron chi connectivity index (χ1n) is 16.6. The largest absolute Gasteiger partial charge is 0.496 e. The summed E-state index contributed by atoms with van der Waals surface area (Å²) in [5.74, 6) is 1.78. The fourth-order valence-corrected chi connectivity index (χ4v) is 6.65. The number of aromatic nitrogens is 4. The third kappa shape index (κ3) is 6.17. The van der Waals surface area contributed by atoms with E-state index in [1.54, 1.807) is 22.8 Å². The Kier molecular flexibility index (Phi) is 8.48. The molecule has 1 aliphatic heterocycles. The highest BCUT2D eigenvalue weighted by Crippen LogP contribution is 2.47. The number of fused-ring (bicyclic) bond motifs is 1. The van der Waals surface area contributed by atoms with Gasteiger partial charge in [0.25, 0.3) is 0 Å². The third-order valence-corrected chi connectivity index (χ3v) is 9.04. The smallest absolute Gasteiger partial charge is 0.410 e. The van der Waals surface area contributed by atoms with E-state index in [0.29, 0.717) is 42.7 Å². The van der Waals surface area contributed by atoms with E-state index >= 15 is 0 Å². The number of nitrogens with zero attached hydrogens (tertiary/aromatic N) is 6. The van der Waals surface area contributed by atoms with Crippen molar-refractivity contribution in [3.8, 4) is 22.7 Å². The lowest BCUT2D eigenvalue weighted by molar-refractivity contribution is 0.0218. The molecule has 6 rings (SSSR count). The first-order valence-corrected chi connectivity index (χ1v) is 16.6. The number of aryl methyl sites for hydroxylation is 2. The quantitative estimate of drug-likeness (QED) is 0.224. The van der Waals surface area contributed by atoms with Gasteiger partial charge in [-0.1, -0.05) is 26.0 Å². The number of carbonyl (C=O) groups is 1. The van der Waals surface area contributed by atoms with E-state index in [1.807, 2.05) is 58.9 Å². The summed E-state index contributed by atoms with van der Waals surface area (Å²) in [6.07, 6.45) is 3.60. The Bertz CT molecular complexity index is 1910. The van der Waals surface area contributed by atoms with Crippen molar-refractivity contribution in [3.05, 3.63) is 69.4 Å². The number of benzene rings is 1. The lowest BCUT2D eigenvalue weighted by Crippen LogP contribution is -2.55. The molecule has 1 saturated carbocycles. The van der Waals surface area contributed by atoms with E-state index < -0.39 is 11.3 Å². The molecule has 0 spiro atoms. The van der Waals surface area contributed by atoms with Crippen molar-refractivity contribution in [1.29, 1.82) is 0 Å². The average Bonchev–Trinajstić information content (AvgIpc) is 3.85. The maximum absolute atomic E-state index is 14.4. The van der Waals surface area contributed by atoms with E-state index in [-0.39, 0.29) is 18.1 Å². The number of rotatable bonds is 6. The van der Waals surface area contributed by atoms with E-state index in [2.05, 4.69) is 31.7 Å². The van der Waals surface area contributed by atoms with Crippen molar-refractivity contribution in [2.75, 3.05) is 31.6 Å². The van der Waals surface area contributed by atoms with Crippen LogP contribution in [0, 0.1) is 13.8 Å². The second kappa shape index (κ2) is 12.3. The third-order valence-electron chi connectivity index (χ3n) is 9.04. The molecule has 4 heterocycles. The van der Waals surface area contributed by atoms with Crippen LogP contribution in [0.5, 0.6) is 5.75 Å². The Balaban J connectivity index is 1.60. The molecule has 1 saturated heterocycles. The minimum Gasteiger partial charge on any atom is -0.496 e. The zero-order valence-corrected chi connectivity index (χ0v) is 29.0. The molecule has 0 N–H and O–H groups in total. The predicted octanol–water partition coefficient (Wildman–Crippen LogP) is 6.91. The van der Waals surface area contributed by atoms with Gasteiger partial charge < -0.3 is 19.3 Å². The summed E-state index contributed by atoms with van der Waals surface area (Å²) >= 11 is 0. The van der Waals surface area contributed by atoms with Gasteiger partial charge in [0.1, 0.15) is 17.2 Å². The highest BCUT2D eigenvalue weighted by atomic mass is 16.6. The predicted molar refractivity (Wildman–Crippen MR) is 185 cm³/mol. The Morgan fingerprint density at radius 2 is 1.79 bits per heavy atom. The maximum Gasteiger partial charge on any atom is 0.410 e. The molecule has 1 aromatic carbocycles. The van der Waals surface area contributed by atoms with Crippen molar-refractivity contribution in [3.63, 3.8) is 0 Å². The zero-order valence-electron chi connectivity index (χ0n) is 29.0. The molecule has 1 atom stereocenters. The topological polar surface area (TPSA) is 103 Å². The number of pyridine rings is 2. The Morgan fingerprint density at radius 3 is 2.43 bits per heavy atom. The number of anilines is 1. The minimum atomic E-state index is -0.582. The highest BCUT2D eigenvalue weighted by Gasteiger charge is 2.35. The molecule has 0 radical (unpaired) electrons. The molecule has 248 valence electrons. The molecule has 1 aliphatic carbocycles. The second-order valence-corrected chi connectivity index (χ2v) is 14.3. The van der Waals surface area contributed by atoms with E-state index in [1.165, 1.54) is 0 Å². The summed E-state index contributed by atoms with van der Waals surface area (Å²) in [4.78, 5) is 46.1. The number of hydrogen-bond donors (Lipinski definition) is 0. The van der Waals surface area contributed by atoms with Crippen LogP contribution in [0.3, 0.4) is 0 Å². The van der Waals surface area contributed by atoms with Gasteiger partial charge in [-0.3, -0.25) is 4.98 Å². The standard InChI is InChI=1S/C37H46N6O4/c1-21(2)29-31(22(3)15-16-38-29)43-34-28(19-27(25-13-14-25)30(39-34)26-12-10-11-23(4)32(26)46-9)33(40-35(43)44)42-18-17-41(20-24(42)5)36(45)47-37(6,7)8/h10-12,15-16,19,21,24-25H,13-14,17-18,20H2,1-9H3/t24-/m0/s1. The van der Waals surface area contributed by atoms with Gasteiger partial charge in [-0.05, 0) is 101 Å². The first-order chi connectivity index (χ1) is 22.3. The summed E-state index contributed by atoms with van der Waals surface area (Å²) in [5.41, 5.74) is 5.85. The fraction of sp³-hybridized carbons (Fsp3) is 0.486. The molecule has 10 nitrogen and oxygen atoms in total. The molecule has 0 bridgehead atoms. The van der Waals surface area contributed by atoms with Crippen LogP contribution in [-0.4, -0.2) is 68.9 Å². The fourth-order valence-electron chi connectivity index (χ4n) is 6.65. The number of hydrogen-bond acceptors (Lipinski definition) is 8. The van der Waals surface area contributed by atoms with Crippen LogP contribution in [0.2, 0.25) is 0 Å². The number of amides is 1. The normalized spacial score (nSPS) is 17.0. The Labute approximate surface area is 276 Å². The minimum absolute atomic E-state index is 0.0644. The lowest BCUT2D eigenvalue weighted by atomic mass is 9.98. The average molecular weight is 639 g/mol. The van der Waals surface area contributed by atoms with Gasteiger partial charge >= 0.3 is 11.8 Å². The zero-order chi connectivity index (χ0) is 33.8. The molecule has 4 aromatic rings. The summed E-state index contributed by atoms with van der Waals surface area (Å²) in [7, 11) is 1.69. The van der Waals surface area contributed by atoms with Crippen LogP contribution >= 0.6 is 0 Å². The van der Waals surface area contributed by atoms with Crippen molar-refractivity contribution >= 4 is 22.9 Å². The number of carbonyl (C=O) groups excluding carboxylic acids is 1. The first kappa shape index (κ1) is 32.5. The van der Waals surface area contributed by atoms with Gasteiger partial charge in [-0.15, -0.1) is 0 Å². The monoisotopic (exact) mass is 638 g/mol. The van der Waals surface area contributed by atoms with Crippen LogP contribution in [0.25, 0.3) is 28.0 Å². The molecule has 3 aromatic heterocycles. The van der Waals surface area contributed by atoms with Crippen molar-refractivity contribution in [2.24, 2.45) is 0 Å². The highest BCUT2D eigenvalue weighted by molar-refractivity contribution is 5.92. The van der Waals surface area contributed by atoms with Crippen molar-refractivity contribution in [2.45, 2.75) is 91.7 Å². The van der Waals surface area contributed by atoms with Gasteiger partial charge in [0.05, 0.1) is 29.6 Å². The van der Waals surface area contributed by atoms with Crippen molar-refractivity contribution < 1.29 is 14.3 Å². The van der Waals surface area contributed by atoms with Crippen LogP contribution in [0.15, 0.2) is 41.3 Å². The van der Waals surface area contributed by atoms with Crippen LogP contribution in [0.1, 0.15) is 88.6 Å². The van der Waals surface area contributed by atoms with E-state index in [9.17, 15) is 9.59 Å². The Hall–Kier alpha value is -4.47. The SMILES string of the molecule is COc1c(C)cccc1-c1nc2c(cc1C1CC1)c(N1CCN(C(=O)OC(C)(C)C)C[C@@H]1C)nc(=O)n2-c1c(C)ccnc1C(C)C. The van der Waals surface area contributed by atoms with E-state index in [4.69, 9.17) is 24.4 Å². The summed E-state index contributed by atoms with van der Waals surface area (Å²) < 4.78 is 13.2. The molecule has 47 heavy (non-hydrogen) atoms. The van der Waals surface area contributed by atoms with Gasteiger partial charge in [0.2, 0.25) is 0 Å². The molecule has 0 unspecified atom stereocenters. The molecule has 2 aliphatic rings. The second-order valence-electron chi connectivity index (χ2n) is 14.3. The van der Waals surface area contributed by atoms with Crippen LogP contribution < -0.4 is 15.3 Å². The molecule has 2 fully saturated rings. The number of ether oxygens (including phenoxy) is 2. The lowest BCUT2D eigenvalue weighted by Gasteiger charge is -2.41. The molecule has 10 heteroatoms. The molecular formula is C37H46N6O4.